The van der Waals surface area contributed by atoms with Crippen molar-refractivity contribution < 1.29 is 24.4 Å². The van der Waals surface area contributed by atoms with Crippen molar-refractivity contribution in [2.24, 2.45) is 0 Å². The second-order valence-electron chi connectivity index (χ2n) is 8.03. The third-order valence-electron chi connectivity index (χ3n) is 5.90. The molecule has 8 heteroatoms. The lowest BCUT2D eigenvalue weighted by Crippen LogP contribution is -2.26. The predicted octanol–water partition coefficient (Wildman–Crippen LogP) is 4.88. The van der Waals surface area contributed by atoms with Gasteiger partial charge in [0.2, 0.25) is 0 Å². The molecule has 8 nitrogen and oxygen atoms in total. The fourth-order valence-corrected chi connectivity index (χ4v) is 4.22. The largest absolute Gasteiger partial charge is 0.478 e. The van der Waals surface area contributed by atoms with Crippen molar-refractivity contribution in [2.45, 2.75) is 19.3 Å². The molecule has 0 radical (unpaired) electrons. The molecule has 0 bridgehead atoms. The summed E-state index contributed by atoms with van der Waals surface area (Å²) in [6, 6.07) is 18.7. The maximum atomic E-state index is 12.2. The summed E-state index contributed by atoms with van der Waals surface area (Å²) >= 11 is 0. The zero-order valence-electron chi connectivity index (χ0n) is 18.9. The van der Waals surface area contributed by atoms with Gasteiger partial charge in [0.05, 0.1) is 10.5 Å². The molecule has 1 amide bonds. The molecular formula is C27H22N2O6. The second-order valence-corrected chi connectivity index (χ2v) is 8.03. The Hall–Kier alpha value is -4.64. The van der Waals surface area contributed by atoms with Crippen LogP contribution in [-0.4, -0.2) is 35.2 Å². The summed E-state index contributed by atoms with van der Waals surface area (Å²) < 4.78 is 5.46. The van der Waals surface area contributed by atoms with E-state index in [-0.39, 0.29) is 47.9 Å². The molecular weight excluding hydrogens is 448 g/mol. The van der Waals surface area contributed by atoms with Crippen molar-refractivity contribution in [2.75, 3.05) is 13.2 Å². The Bertz CT molecular complexity index is 1310. The SMILES string of the molecule is Cc1c(C(=O)O)cc(C#CCCNC(=O)OCC2c3ccccc3-c3ccccc32)cc1[N+](=O)[O-]. The molecule has 0 spiro atoms. The van der Waals surface area contributed by atoms with E-state index in [1.54, 1.807) is 0 Å². The number of nitrogens with zero attached hydrogens (tertiary/aromatic N) is 1. The predicted molar refractivity (Wildman–Crippen MR) is 129 cm³/mol. The summed E-state index contributed by atoms with van der Waals surface area (Å²) in [5.41, 5.74) is 4.38. The molecule has 0 heterocycles. The average Bonchev–Trinajstić information content (AvgIpc) is 3.16. The van der Waals surface area contributed by atoms with Gasteiger partial charge in [0.15, 0.2) is 0 Å². The first kappa shape index (κ1) is 23.5. The lowest BCUT2D eigenvalue weighted by atomic mass is 9.98. The van der Waals surface area contributed by atoms with Gasteiger partial charge in [0.25, 0.3) is 5.69 Å². The summed E-state index contributed by atoms with van der Waals surface area (Å²) in [4.78, 5) is 34.1. The van der Waals surface area contributed by atoms with Crippen LogP contribution in [0.15, 0.2) is 60.7 Å². The van der Waals surface area contributed by atoms with E-state index in [1.807, 2.05) is 36.4 Å². The average molecular weight is 470 g/mol. The number of aromatic carboxylic acids is 1. The normalized spacial score (nSPS) is 11.6. The molecule has 0 unspecified atom stereocenters. The maximum absolute atomic E-state index is 12.2. The zero-order chi connectivity index (χ0) is 24.9. The van der Waals surface area contributed by atoms with E-state index in [9.17, 15) is 24.8 Å². The Morgan fingerprint density at radius 2 is 1.71 bits per heavy atom. The number of alkyl carbamates (subject to hydrolysis) is 1. The molecule has 1 aliphatic carbocycles. The Labute approximate surface area is 201 Å². The van der Waals surface area contributed by atoms with Gasteiger partial charge in [0, 0.05) is 36.1 Å². The highest BCUT2D eigenvalue weighted by atomic mass is 16.6. The van der Waals surface area contributed by atoms with Crippen LogP contribution in [-0.2, 0) is 4.74 Å². The Morgan fingerprint density at radius 3 is 2.31 bits per heavy atom. The molecule has 4 rings (SSSR count). The first-order valence-electron chi connectivity index (χ1n) is 11.0. The monoisotopic (exact) mass is 470 g/mol. The summed E-state index contributed by atoms with van der Waals surface area (Å²) in [6.07, 6.45) is -0.304. The quantitative estimate of drug-likeness (QED) is 0.229. The molecule has 35 heavy (non-hydrogen) atoms. The Morgan fingerprint density at radius 1 is 1.09 bits per heavy atom. The van der Waals surface area contributed by atoms with Crippen LogP contribution >= 0.6 is 0 Å². The number of fused-ring (bicyclic) bond motifs is 3. The topological polar surface area (TPSA) is 119 Å². The molecule has 0 aromatic heterocycles. The molecule has 0 fully saturated rings. The lowest BCUT2D eigenvalue weighted by Gasteiger charge is -2.14. The van der Waals surface area contributed by atoms with Gasteiger partial charge in [-0.15, -0.1) is 0 Å². The van der Waals surface area contributed by atoms with E-state index in [0.717, 1.165) is 22.3 Å². The number of amides is 1. The molecule has 0 saturated carbocycles. The Balaban J connectivity index is 1.33. The fraction of sp³-hybridized carbons (Fsp3) is 0.185. The minimum atomic E-state index is -1.26. The summed E-state index contributed by atoms with van der Waals surface area (Å²) in [7, 11) is 0. The fourth-order valence-electron chi connectivity index (χ4n) is 4.22. The van der Waals surface area contributed by atoms with Gasteiger partial charge in [-0.1, -0.05) is 60.4 Å². The van der Waals surface area contributed by atoms with Crippen molar-refractivity contribution in [3.63, 3.8) is 0 Å². The van der Waals surface area contributed by atoms with Crippen molar-refractivity contribution in [1.29, 1.82) is 0 Å². The molecule has 3 aromatic carbocycles. The number of carboxylic acid groups (broad SMARTS) is 1. The van der Waals surface area contributed by atoms with Gasteiger partial charge in [-0.2, -0.15) is 0 Å². The van der Waals surface area contributed by atoms with E-state index < -0.39 is 17.0 Å². The van der Waals surface area contributed by atoms with Crippen LogP contribution in [0.2, 0.25) is 0 Å². The third-order valence-corrected chi connectivity index (χ3v) is 5.90. The summed E-state index contributed by atoms with van der Waals surface area (Å²) in [6.45, 7) is 1.80. The number of carboxylic acids is 1. The number of carbonyl (C=O) groups is 2. The number of benzene rings is 3. The van der Waals surface area contributed by atoms with Crippen LogP contribution in [0.25, 0.3) is 11.1 Å². The van der Waals surface area contributed by atoms with E-state index in [4.69, 9.17) is 4.74 Å². The van der Waals surface area contributed by atoms with Gasteiger partial charge in [-0.3, -0.25) is 10.1 Å². The van der Waals surface area contributed by atoms with E-state index in [2.05, 4.69) is 29.3 Å². The summed E-state index contributed by atoms with van der Waals surface area (Å²) in [5, 5.41) is 23.1. The number of nitro benzene ring substituents is 1. The number of hydrogen-bond acceptors (Lipinski definition) is 5. The van der Waals surface area contributed by atoms with E-state index in [0.29, 0.717) is 0 Å². The minimum absolute atomic E-state index is 0.0336. The molecule has 0 atom stereocenters. The standard InChI is InChI=1S/C27H22N2O6/c1-17-23(26(30)31)14-18(15-25(17)29(33)34)8-6-7-13-28-27(32)35-16-24-21-11-4-2-9-19(21)20-10-3-5-12-22(20)24/h2-5,9-12,14-15,24H,7,13,16H2,1H3,(H,28,32)(H,30,31). The number of nitrogens with one attached hydrogen (secondary N) is 1. The first-order valence-corrected chi connectivity index (χ1v) is 11.0. The molecule has 0 aliphatic heterocycles. The van der Waals surface area contributed by atoms with E-state index in [1.165, 1.54) is 19.1 Å². The minimum Gasteiger partial charge on any atom is -0.478 e. The molecule has 0 saturated heterocycles. The smallest absolute Gasteiger partial charge is 0.407 e. The second kappa shape index (κ2) is 10.1. The van der Waals surface area contributed by atoms with Crippen LogP contribution < -0.4 is 5.32 Å². The van der Waals surface area contributed by atoms with Crippen molar-refractivity contribution in [1.82, 2.24) is 5.32 Å². The van der Waals surface area contributed by atoms with Gasteiger partial charge in [-0.05, 0) is 35.2 Å². The van der Waals surface area contributed by atoms with Crippen molar-refractivity contribution in [3.8, 4) is 23.0 Å². The third kappa shape index (κ3) is 4.99. The number of carbonyl (C=O) groups excluding carboxylic acids is 1. The number of rotatable bonds is 6. The van der Waals surface area contributed by atoms with Crippen LogP contribution in [0, 0.1) is 28.9 Å². The molecule has 176 valence electrons. The zero-order valence-corrected chi connectivity index (χ0v) is 18.9. The Kier molecular flexibility index (Phi) is 6.78. The lowest BCUT2D eigenvalue weighted by molar-refractivity contribution is -0.385. The highest BCUT2D eigenvalue weighted by Gasteiger charge is 2.29. The van der Waals surface area contributed by atoms with Crippen LogP contribution in [0.1, 0.15) is 45.0 Å². The maximum Gasteiger partial charge on any atom is 0.407 e. The number of ether oxygens (including phenoxy) is 1. The number of hydrogen-bond donors (Lipinski definition) is 2. The van der Waals surface area contributed by atoms with Crippen LogP contribution in [0.5, 0.6) is 0 Å². The molecule has 1 aliphatic rings. The van der Waals surface area contributed by atoms with Crippen molar-refractivity contribution in [3.05, 3.63) is 98.6 Å². The van der Waals surface area contributed by atoms with Crippen LogP contribution in [0.4, 0.5) is 10.5 Å². The molecule has 2 N–H and O–H groups in total. The highest BCUT2D eigenvalue weighted by Crippen LogP contribution is 2.44. The summed E-state index contributed by atoms with van der Waals surface area (Å²) in [5.74, 6) is 4.23. The van der Waals surface area contributed by atoms with Gasteiger partial charge < -0.3 is 15.2 Å². The van der Waals surface area contributed by atoms with Gasteiger partial charge >= 0.3 is 12.1 Å². The highest BCUT2D eigenvalue weighted by molar-refractivity contribution is 5.91. The van der Waals surface area contributed by atoms with Crippen LogP contribution in [0.3, 0.4) is 0 Å². The van der Waals surface area contributed by atoms with E-state index >= 15 is 0 Å². The van der Waals surface area contributed by atoms with Gasteiger partial charge in [0.1, 0.15) is 6.61 Å². The van der Waals surface area contributed by atoms with Crippen molar-refractivity contribution >= 4 is 17.7 Å². The number of nitro groups is 1. The van der Waals surface area contributed by atoms with Gasteiger partial charge in [-0.25, -0.2) is 9.59 Å². The molecule has 3 aromatic rings. The first-order chi connectivity index (χ1) is 16.9.